The molecule has 2 N–H and O–H groups in total. The van der Waals surface area contributed by atoms with Crippen molar-refractivity contribution in [1.29, 1.82) is 0 Å². The number of aliphatic carboxylic acids is 1. The first-order valence-corrected chi connectivity index (χ1v) is 13.4. The standard InChI is InChI=1S/C30H36FN3O5/c1-19(2)28-26(15-14-23(35)17-24(36)18-27(37)38)34(22-12-10-21(31)11-13-22)32-29(28)30(39)33-16-6-9-25(33)20-7-4-3-5-8-20/h3-5,7-8,10-13,19,23-25,35-36H,6,9,14-18H2,1-2H3,(H,37,38)/p-1/t23-,24-,25?/m1/s1. The fourth-order valence-electron chi connectivity index (χ4n) is 5.44. The molecule has 39 heavy (non-hydrogen) atoms. The van der Waals surface area contributed by atoms with E-state index >= 15 is 0 Å². The maximum Gasteiger partial charge on any atom is 0.275 e. The van der Waals surface area contributed by atoms with E-state index < -0.39 is 30.4 Å². The molecule has 0 aliphatic carbocycles. The summed E-state index contributed by atoms with van der Waals surface area (Å²) in [5.74, 6) is -2.03. The Hall–Kier alpha value is -3.56. The molecule has 0 spiro atoms. The molecule has 1 amide bonds. The van der Waals surface area contributed by atoms with Crippen LogP contribution in [0.15, 0.2) is 54.6 Å². The van der Waals surface area contributed by atoms with Gasteiger partial charge in [0, 0.05) is 30.2 Å². The Bertz CT molecular complexity index is 1280. The van der Waals surface area contributed by atoms with Crippen molar-refractivity contribution in [3.63, 3.8) is 0 Å². The average molecular weight is 537 g/mol. The number of carboxylic acids is 1. The lowest BCUT2D eigenvalue weighted by molar-refractivity contribution is -0.307. The summed E-state index contributed by atoms with van der Waals surface area (Å²) >= 11 is 0. The quantitative estimate of drug-likeness (QED) is 0.388. The summed E-state index contributed by atoms with van der Waals surface area (Å²) in [6.45, 7) is 4.57. The van der Waals surface area contributed by atoms with Gasteiger partial charge in [0.05, 0.1) is 23.9 Å². The van der Waals surface area contributed by atoms with Gasteiger partial charge in [0.25, 0.3) is 5.91 Å². The zero-order chi connectivity index (χ0) is 28.1. The summed E-state index contributed by atoms with van der Waals surface area (Å²) in [7, 11) is 0. The highest BCUT2D eigenvalue weighted by atomic mass is 19.1. The number of carbonyl (C=O) groups is 2. The minimum absolute atomic E-state index is 0.0508. The van der Waals surface area contributed by atoms with E-state index in [4.69, 9.17) is 5.10 Å². The molecule has 2 aromatic carbocycles. The predicted molar refractivity (Wildman–Crippen MR) is 142 cm³/mol. The number of halogens is 1. The van der Waals surface area contributed by atoms with Crippen molar-refractivity contribution in [3.05, 3.63) is 82.9 Å². The van der Waals surface area contributed by atoms with Crippen LogP contribution in [0.2, 0.25) is 0 Å². The third-order valence-electron chi connectivity index (χ3n) is 7.23. The van der Waals surface area contributed by atoms with E-state index in [0.717, 1.165) is 24.0 Å². The normalized spacial score (nSPS) is 17.0. The molecule has 1 saturated heterocycles. The van der Waals surface area contributed by atoms with E-state index in [9.17, 15) is 29.3 Å². The maximum atomic E-state index is 14.0. The van der Waals surface area contributed by atoms with Crippen molar-refractivity contribution in [3.8, 4) is 5.69 Å². The number of nitrogens with zero attached hydrogens (tertiary/aromatic N) is 3. The van der Waals surface area contributed by atoms with Gasteiger partial charge in [-0.15, -0.1) is 0 Å². The highest BCUT2D eigenvalue weighted by molar-refractivity contribution is 5.95. The zero-order valence-electron chi connectivity index (χ0n) is 22.3. The van der Waals surface area contributed by atoms with Crippen LogP contribution < -0.4 is 5.11 Å². The van der Waals surface area contributed by atoms with Crippen molar-refractivity contribution in [2.45, 2.75) is 76.5 Å². The van der Waals surface area contributed by atoms with E-state index in [1.807, 2.05) is 49.1 Å². The highest BCUT2D eigenvalue weighted by Crippen LogP contribution is 2.35. The molecule has 2 heterocycles. The highest BCUT2D eigenvalue weighted by Gasteiger charge is 2.35. The Kier molecular flexibility index (Phi) is 9.14. The van der Waals surface area contributed by atoms with Crippen molar-refractivity contribution < 1.29 is 29.3 Å². The van der Waals surface area contributed by atoms with E-state index in [1.54, 1.807) is 16.8 Å². The molecule has 208 valence electrons. The minimum Gasteiger partial charge on any atom is -0.550 e. The van der Waals surface area contributed by atoms with Crippen LogP contribution in [0.3, 0.4) is 0 Å². The van der Waals surface area contributed by atoms with Crippen LogP contribution in [-0.4, -0.2) is 55.5 Å². The summed E-state index contributed by atoms with van der Waals surface area (Å²) in [4.78, 5) is 26.7. The number of likely N-dealkylation sites (tertiary alicyclic amines) is 1. The van der Waals surface area contributed by atoms with Crippen molar-refractivity contribution in [1.82, 2.24) is 14.7 Å². The van der Waals surface area contributed by atoms with Crippen molar-refractivity contribution >= 4 is 11.9 Å². The number of benzene rings is 2. The number of rotatable bonds is 11. The molecule has 0 bridgehead atoms. The molecule has 3 aromatic rings. The van der Waals surface area contributed by atoms with Gasteiger partial charge in [-0.1, -0.05) is 44.2 Å². The fraction of sp³-hybridized carbons (Fsp3) is 0.433. The molecule has 8 nitrogen and oxygen atoms in total. The van der Waals surface area contributed by atoms with Crippen LogP contribution in [0.25, 0.3) is 5.69 Å². The van der Waals surface area contributed by atoms with Crippen LogP contribution >= 0.6 is 0 Å². The second kappa shape index (κ2) is 12.5. The SMILES string of the molecule is CC(C)c1c(C(=O)N2CCCC2c2ccccc2)nn(-c2ccc(F)cc2)c1CC[C@@H](O)C[C@@H](O)CC(=O)[O-]. The van der Waals surface area contributed by atoms with Gasteiger partial charge in [-0.2, -0.15) is 5.10 Å². The number of carbonyl (C=O) groups excluding carboxylic acids is 2. The molecule has 3 atom stereocenters. The third kappa shape index (κ3) is 6.72. The second-order valence-corrected chi connectivity index (χ2v) is 10.5. The molecule has 0 saturated carbocycles. The summed E-state index contributed by atoms with van der Waals surface area (Å²) < 4.78 is 15.4. The van der Waals surface area contributed by atoms with Gasteiger partial charge in [-0.3, -0.25) is 4.79 Å². The number of aliphatic hydroxyl groups is 2. The lowest BCUT2D eigenvalue weighted by Crippen LogP contribution is -2.31. The predicted octanol–water partition coefficient (Wildman–Crippen LogP) is 3.30. The van der Waals surface area contributed by atoms with E-state index in [1.165, 1.54) is 12.1 Å². The van der Waals surface area contributed by atoms with E-state index in [-0.39, 0.29) is 30.7 Å². The summed E-state index contributed by atoms with van der Waals surface area (Å²) in [6, 6.07) is 15.7. The first-order valence-electron chi connectivity index (χ1n) is 13.4. The molecular formula is C30H35FN3O5-. The topological polar surface area (TPSA) is 119 Å². The number of hydrogen-bond acceptors (Lipinski definition) is 6. The van der Waals surface area contributed by atoms with Gasteiger partial charge >= 0.3 is 0 Å². The maximum absolute atomic E-state index is 14.0. The fourth-order valence-corrected chi connectivity index (χ4v) is 5.44. The number of hydrogen-bond donors (Lipinski definition) is 2. The van der Waals surface area contributed by atoms with Gasteiger partial charge in [0.15, 0.2) is 5.69 Å². The first-order chi connectivity index (χ1) is 18.7. The molecule has 1 aliphatic heterocycles. The molecule has 1 fully saturated rings. The number of aromatic nitrogens is 2. The van der Waals surface area contributed by atoms with E-state index in [0.29, 0.717) is 30.0 Å². The van der Waals surface area contributed by atoms with Gasteiger partial charge in [-0.25, -0.2) is 9.07 Å². The first kappa shape index (κ1) is 28.4. The average Bonchev–Trinajstić information content (AvgIpc) is 3.53. The number of amides is 1. The van der Waals surface area contributed by atoms with Crippen molar-refractivity contribution in [2.24, 2.45) is 0 Å². The molecule has 1 aromatic heterocycles. The molecular weight excluding hydrogens is 501 g/mol. The van der Waals surface area contributed by atoms with Crippen LogP contribution in [0, 0.1) is 5.82 Å². The lowest BCUT2D eigenvalue weighted by Gasteiger charge is -2.25. The summed E-state index contributed by atoms with van der Waals surface area (Å²) in [5.41, 5.74) is 3.46. The van der Waals surface area contributed by atoms with Crippen molar-refractivity contribution in [2.75, 3.05) is 6.54 Å². The van der Waals surface area contributed by atoms with Gasteiger partial charge < -0.3 is 25.0 Å². The lowest BCUT2D eigenvalue weighted by atomic mass is 9.95. The van der Waals surface area contributed by atoms with Gasteiger partial charge in [-0.05, 0) is 67.9 Å². The Balaban J connectivity index is 1.69. The van der Waals surface area contributed by atoms with Crippen LogP contribution in [0.5, 0.6) is 0 Å². The molecule has 4 rings (SSSR count). The summed E-state index contributed by atoms with van der Waals surface area (Å²) in [5, 5.41) is 36.0. The molecule has 9 heteroatoms. The monoisotopic (exact) mass is 536 g/mol. The summed E-state index contributed by atoms with van der Waals surface area (Å²) in [6.07, 6.45) is -0.609. The van der Waals surface area contributed by atoms with Crippen LogP contribution in [0.1, 0.15) is 85.2 Å². The largest absolute Gasteiger partial charge is 0.550 e. The molecule has 1 unspecified atom stereocenters. The third-order valence-corrected chi connectivity index (χ3v) is 7.23. The van der Waals surface area contributed by atoms with Crippen LogP contribution in [0.4, 0.5) is 4.39 Å². The van der Waals surface area contributed by atoms with Crippen LogP contribution in [-0.2, 0) is 11.2 Å². The van der Waals surface area contributed by atoms with E-state index in [2.05, 4.69) is 0 Å². The Morgan fingerprint density at radius 3 is 2.41 bits per heavy atom. The second-order valence-electron chi connectivity index (χ2n) is 10.5. The Labute approximate surface area is 227 Å². The smallest absolute Gasteiger partial charge is 0.275 e. The molecule has 1 aliphatic rings. The van der Waals surface area contributed by atoms with Gasteiger partial charge in [0.1, 0.15) is 5.82 Å². The Morgan fingerprint density at radius 2 is 1.77 bits per heavy atom. The Morgan fingerprint density at radius 1 is 1.08 bits per heavy atom. The number of aliphatic hydroxyl groups excluding tert-OH is 2. The van der Waals surface area contributed by atoms with Gasteiger partial charge in [0.2, 0.25) is 0 Å². The minimum atomic E-state index is -1.38. The zero-order valence-corrected chi connectivity index (χ0v) is 22.3. The number of carboxylic acid groups (broad SMARTS) is 1. The molecule has 0 radical (unpaired) electrons.